The van der Waals surface area contributed by atoms with Crippen molar-refractivity contribution in [2.24, 2.45) is 0 Å². The predicted molar refractivity (Wildman–Crippen MR) is 57.8 cm³/mol. The minimum absolute atomic E-state index is 0.0377. The minimum atomic E-state index is 0.0377. The molecular weight excluding hydrogens is 190 g/mol. The van der Waals surface area contributed by atoms with Gasteiger partial charge in [0.25, 0.3) is 0 Å². The number of carbonyl (C=O) groups excluding carboxylic acids is 1. The lowest BCUT2D eigenvalue weighted by atomic mass is 10.1. The van der Waals surface area contributed by atoms with E-state index in [4.69, 9.17) is 0 Å². The van der Waals surface area contributed by atoms with Gasteiger partial charge in [0.05, 0.1) is 12.1 Å². The Morgan fingerprint density at radius 3 is 3.13 bits per heavy atom. The van der Waals surface area contributed by atoms with Crippen molar-refractivity contribution < 1.29 is 4.79 Å². The summed E-state index contributed by atoms with van der Waals surface area (Å²) in [5, 5.41) is 3.71. The van der Waals surface area contributed by atoms with Crippen LogP contribution in [0.1, 0.15) is 10.4 Å². The van der Waals surface area contributed by atoms with Crippen LogP contribution in [0.25, 0.3) is 10.9 Å². The van der Waals surface area contributed by atoms with E-state index in [1.54, 1.807) is 25.6 Å². The Kier molecular flexibility index (Phi) is 2.69. The Balaban J connectivity index is 2.42. The first-order valence-electron chi connectivity index (χ1n) is 4.69. The molecule has 2 aromatic heterocycles. The molecule has 15 heavy (non-hydrogen) atoms. The maximum Gasteiger partial charge on any atom is 0.178 e. The summed E-state index contributed by atoms with van der Waals surface area (Å²) in [6.07, 6.45) is 4.99. The number of hydrogen-bond acceptors (Lipinski definition) is 4. The average Bonchev–Trinajstić information content (AvgIpc) is 2.29. The van der Waals surface area contributed by atoms with Crippen LogP contribution in [0.2, 0.25) is 0 Å². The summed E-state index contributed by atoms with van der Waals surface area (Å²) in [5.74, 6) is 0.0377. The number of fused-ring (bicyclic) bond motifs is 1. The molecule has 1 N–H and O–H groups in total. The van der Waals surface area contributed by atoms with E-state index in [-0.39, 0.29) is 5.78 Å². The Labute approximate surface area is 87.4 Å². The van der Waals surface area contributed by atoms with Crippen molar-refractivity contribution in [2.45, 2.75) is 0 Å². The first-order chi connectivity index (χ1) is 7.31. The number of carbonyl (C=O) groups is 1. The van der Waals surface area contributed by atoms with Crippen molar-refractivity contribution >= 4 is 16.7 Å². The zero-order chi connectivity index (χ0) is 10.7. The number of nitrogens with zero attached hydrogens (tertiary/aromatic N) is 2. The number of Topliss-reactive ketones (excluding diaryl/α,β-unsaturated/α-hetero) is 1. The van der Waals surface area contributed by atoms with E-state index >= 15 is 0 Å². The highest BCUT2D eigenvalue weighted by molar-refractivity contribution is 5.99. The molecule has 0 saturated carbocycles. The standard InChI is InChI=1S/C11H11N3O/c1-12-7-11(15)9-4-8-5-13-3-2-10(8)14-6-9/h2-6,12H,7H2,1H3. The number of nitrogens with one attached hydrogen (secondary N) is 1. The first-order valence-corrected chi connectivity index (χ1v) is 4.69. The van der Waals surface area contributed by atoms with Crippen molar-refractivity contribution in [1.82, 2.24) is 15.3 Å². The third-order valence-corrected chi connectivity index (χ3v) is 2.14. The van der Waals surface area contributed by atoms with Crippen LogP contribution in [0, 0.1) is 0 Å². The highest BCUT2D eigenvalue weighted by atomic mass is 16.1. The van der Waals surface area contributed by atoms with Gasteiger partial charge >= 0.3 is 0 Å². The van der Waals surface area contributed by atoms with Crippen LogP contribution in [0.15, 0.2) is 30.7 Å². The lowest BCUT2D eigenvalue weighted by Gasteiger charge is -2.01. The molecule has 0 unspecified atom stereocenters. The highest BCUT2D eigenvalue weighted by Crippen LogP contribution is 2.11. The molecule has 2 aromatic rings. The normalized spacial score (nSPS) is 10.5. The molecule has 4 heteroatoms. The third kappa shape index (κ3) is 1.99. The molecule has 0 atom stereocenters. The number of likely N-dealkylation sites (N-methyl/N-ethyl adjacent to an activating group) is 1. The highest BCUT2D eigenvalue weighted by Gasteiger charge is 2.05. The fourth-order valence-corrected chi connectivity index (χ4v) is 1.39. The Morgan fingerprint density at radius 2 is 2.33 bits per heavy atom. The van der Waals surface area contributed by atoms with E-state index in [1.807, 2.05) is 12.1 Å². The van der Waals surface area contributed by atoms with Gasteiger partial charge < -0.3 is 5.32 Å². The minimum Gasteiger partial charge on any atom is -0.313 e. The lowest BCUT2D eigenvalue weighted by molar-refractivity contribution is 0.0993. The van der Waals surface area contributed by atoms with Crippen LogP contribution < -0.4 is 5.32 Å². The smallest absolute Gasteiger partial charge is 0.178 e. The van der Waals surface area contributed by atoms with Gasteiger partial charge in [0.15, 0.2) is 5.78 Å². The topological polar surface area (TPSA) is 54.9 Å². The Bertz CT molecular complexity index is 496. The first kappa shape index (κ1) is 9.73. The molecular formula is C11H11N3O. The fourth-order valence-electron chi connectivity index (χ4n) is 1.39. The van der Waals surface area contributed by atoms with Crippen molar-refractivity contribution in [2.75, 3.05) is 13.6 Å². The van der Waals surface area contributed by atoms with Gasteiger partial charge in [0.2, 0.25) is 0 Å². The number of pyridine rings is 2. The summed E-state index contributed by atoms with van der Waals surface area (Å²) in [6, 6.07) is 3.64. The van der Waals surface area contributed by atoms with Gasteiger partial charge in [0, 0.05) is 29.5 Å². The third-order valence-electron chi connectivity index (χ3n) is 2.14. The molecule has 0 aromatic carbocycles. The zero-order valence-electron chi connectivity index (χ0n) is 8.40. The van der Waals surface area contributed by atoms with Crippen LogP contribution in [0.5, 0.6) is 0 Å². The summed E-state index contributed by atoms with van der Waals surface area (Å²) < 4.78 is 0. The summed E-state index contributed by atoms with van der Waals surface area (Å²) in [6.45, 7) is 0.327. The van der Waals surface area contributed by atoms with Gasteiger partial charge in [-0.05, 0) is 19.2 Å². The molecule has 0 aliphatic heterocycles. The second-order valence-electron chi connectivity index (χ2n) is 3.25. The molecule has 2 heterocycles. The van der Waals surface area contributed by atoms with Gasteiger partial charge in [0.1, 0.15) is 0 Å². The Morgan fingerprint density at radius 1 is 1.47 bits per heavy atom. The molecule has 0 amide bonds. The molecule has 0 aliphatic rings. The van der Waals surface area contributed by atoms with E-state index in [1.165, 1.54) is 0 Å². The van der Waals surface area contributed by atoms with Crippen molar-refractivity contribution in [3.63, 3.8) is 0 Å². The number of rotatable bonds is 3. The van der Waals surface area contributed by atoms with Gasteiger partial charge in [-0.1, -0.05) is 0 Å². The SMILES string of the molecule is CNCC(=O)c1cnc2ccncc2c1. The zero-order valence-corrected chi connectivity index (χ0v) is 8.40. The molecule has 0 saturated heterocycles. The van der Waals surface area contributed by atoms with Gasteiger partial charge in [-0.25, -0.2) is 0 Å². The molecule has 0 aliphatic carbocycles. The summed E-state index contributed by atoms with van der Waals surface area (Å²) in [5.41, 5.74) is 1.47. The monoisotopic (exact) mass is 201 g/mol. The molecule has 0 bridgehead atoms. The van der Waals surface area contributed by atoms with Crippen molar-refractivity contribution in [3.05, 3.63) is 36.3 Å². The molecule has 0 fully saturated rings. The van der Waals surface area contributed by atoms with E-state index in [2.05, 4.69) is 15.3 Å². The summed E-state index contributed by atoms with van der Waals surface area (Å²) in [7, 11) is 1.74. The lowest BCUT2D eigenvalue weighted by Crippen LogP contribution is -2.18. The number of hydrogen-bond donors (Lipinski definition) is 1. The largest absolute Gasteiger partial charge is 0.313 e. The van der Waals surface area contributed by atoms with Crippen molar-refractivity contribution in [1.29, 1.82) is 0 Å². The molecule has 4 nitrogen and oxygen atoms in total. The second kappa shape index (κ2) is 4.14. The summed E-state index contributed by atoms with van der Waals surface area (Å²) >= 11 is 0. The van der Waals surface area contributed by atoms with Crippen molar-refractivity contribution in [3.8, 4) is 0 Å². The second-order valence-corrected chi connectivity index (χ2v) is 3.25. The van der Waals surface area contributed by atoms with Crippen LogP contribution >= 0.6 is 0 Å². The fraction of sp³-hybridized carbons (Fsp3) is 0.182. The van der Waals surface area contributed by atoms with Gasteiger partial charge in [-0.2, -0.15) is 0 Å². The molecule has 0 radical (unpaired) electrons. The van der Waals surface area contributed by atoms with Crippen LogP contribution in [0.3, 0.4) is 0 Å². The van der Waals surface area contributed by atoms with Crippen LogP contribution in [0.4, 0.5) is 0 Å². The maximum atomic E-state index is 11.6. The predicted octanol–water partition coefficient (Wildman–Crippen LogP) is 1.03. The number of ketones is 1. The average molecular weight is 201 g/mol. The van der Waals surface area contributed by atoms with E-state index in [0.29, 0.717) is 12.1 Å². The quantitative estimate of drug-likeness (QED) is 0.753. The Hall–Kier alpha value is -1.81. The van der Waals surface area contributed by atoms with Gasteiger partial charge in [-0.3, -0.25) is 14.8 Å². The number of aromatic nitrogens is 2. The van der Waals surface area contributed by atoms with E-state index in [9.17, 15) is 4.79 Å². The van der Waals surface area contributed by atoms with Crippen LogP contribution in [-0.4, -0.2) is 29.3 Å². The maximum absolute atomic E-state index is 11.6. The molecule has 0 spiro atoms. The summed E-state index contributed by atoms with van der Waals surface area (Å²) in [4.78, 5) is 19.8. The van der Waals surface area contributed by atoms with E-state index < -0.39 is 0 Å². The molecule has 2 rings (SSSR count). The van der Waals surface area contributed by atoms with Gasteiger partial charge in [-0.15, -0.1) is 0 Å². The molecule has 76 valence electrons. The van der Waals surface area contributed by atoms with Crippen LogP contribution in [-0.2, 0) is 0 Å². The van der Waals surface area contributed by atoms with E-state index in [0.717, 1.165) is 10.9 Å².